The minimum Gasteiger partial charge on any atom is -0.493 e. The molecule has 0 radical (unpaired) electrons. The molecule has 1 heterocycles. The number of benzene rings is 1. The van der Waals surface area contributed by atoms with Crippen molar-refractivity contribution in [1.29, 1.82) is 0 Å². The molecule has 0 aliphatic carbocycles. The number of nitrogens with two attached hydrogens (primary N) is 1. The Balaban J connectivity index is 0.00000128. The van der Waals surface area contributed by atoms with Crippen LogP contribution in [0, 0.1) is 0 Å². The van der Waals surface area contributed by atoms with E-state index >= 15 is 0 Å². The monoisotopic (exact) mass is 243 g/mol. The van der Waals surface area contributed by atoms with E-state index in [2.05, 4.69) is 0 Å². The smallest absolute Gasteiger partial charge is 0.320 e. The predicted molar refractivity (Wildman–Crippen MR) is 62.2 cm³/mol. The summed E-state index contributed by atoms with van der Waals surface area (Å²) < 4.78 is 5.39. The lowest BCUT2D eigenvalue weighted by Gasteiger charge is -2.07. The van der Waals surface area contributed by atoms with Gasteiger partial charge in [-0.2, -0.15) is 0 Å². The summed E-state index contributed by atoms with van der Waals surface area (Å²) in [4.78, 5) is 10.6. The van der Waals surface area contributed by atoms with Crippen LogP contribution in [0.25, 0.3) is 0 Å². The van der Waals surface area contributed by atoms with E-state index in [-0.39, 0.29) is 12.4 Å². The summed E-state index contributed by atoms with van der Waals surface area (Å²) in [7, 11) is 0. The Labute approximate surface area is 99.8 Å². The third kappa shape index (κ3) is 2.65. The fourth-order valence-corrected chi connectivity index (χ4v) is 1.68. The van der Waals surface area contributed by atoms with Crippen LogP contribution >= 0.6 is 12.4 Å². The SMILES string of the molecule is Cl.N[C@H](Cc1ccc2c(c1)OCC2)C(=O)O. The summed E-state index contributed by atoms with van der Waals surface area (Å²) in [5, 5.41) is 8.68. The van der Waals surface area contributed by atoms with Gasteiger partial charge in [-0.25, -0.2) is 0 Å². The van der Waals surface area contributed by atoms with Crippen LogP contribution in [0.15, 0.2) is 18.2 Å². The highest BCUT2D eigenvalue weighted by Crippen LogP contribution is 2.26. The molecule has 0 saturated carbocycles. The molecule has 0 aromatic heterocycles. The first-order valence-electron chi connectivity index (χ1n) is 4.90. The van der Waals surface area contributed by atoms with Crippen LogP contribution in [0.4, 0.5) is 0 Å². The molecule has 1 atom stereocenters. The van der Waals surface area contributed by atoms with E-state index in [1.807, 2.05) is 18.2 Å². The van der Waals surface area contributed by atoms with Gasteiger partial charge in [-0.1, -0.05) is 12.1 Å². The maximum absolute atomic E-state index is 10.6. The van der Waals surface area contributed by atoms with Crippen molar-refractivity contribution in [2.75, 3.05) is 6.61 Å². The first-order chi connectivity index (χ1) is 7.16. The van der Waals surface area contributed by atoms with Crippen molar-refractivity contribution in [3.8, 4) is 5.75 Å². The van der Waals surface area contributed by atoms with Gasteiger partial charge in [0, 0.05) is 6.42 Å². The molecule has 1 aromatic carbocycles. The molecule has 0 spiro atoms. The topological polar surface area (TPSA) is 72.5 Å². The quantitative estimate of drug-likeness (QED) is 0.831. The molecule has 1 aliphatic heterocycles. The fraction of sp³-hybridized carbons (Fsp3) is 0.364. The van der Waals surface area contributed by atoms with E-state index in [1.165, 1.54) is 5.56 Å². The van der Waals surface area contributed by atoms with Crippen molar-refractivity contribution in [2.24, 2.45) is 5.73 Å². The Morgan fingerprint density at radius 1 is 1.56 bits per heavy atom. The molecule has 0 unspecified atom stereocenters. The van der Waals surface area contributed by atoms with Crippen LogP contribution < -0.4 is 10.5 Å². The van der Waals surface area contributed by atoms with E-state index in [0.717, 1.165) is 17.7 Å². The van der Waals surface area contributed by atoms with Gasteiger partial charge in [0.15, 0.2) is 0 Å². The zero-order valence-corrected chi connectivity index (χ0v) is 9.50. The van der Waals surface area contributed by atoms with E-state index in [1.54, 1.807) is 0 Å². The molecule has 1 aliphatic rings. The molecule has 16 heavy (non-hydrogen) atoms. The van der Waals surface area contributed by atoms with Gasteiger partial charge in [0.2, 0.25) is 0 Å². The molecule has 2 rings (SSSR count). The second-order valence-corrected chi connectivity index (χ2v) is 3.69. The van der Waals surface area contributed by atoms with Gasteiger partial charge in [0.05, 0.1) is 6.61 Å². The van der Waals surface area contributed by atoms with E-state index < -0.39 is 12.0 Å². The third-order valence-corrected chi connectivity index (χ3v) is 2.53. The van der Waals surface area contributed by atoms with Gasteiger partial charge in [0.25, 0.3) is 0 Å². The predicted octanol–water partition coefficient (Wildman–Crippen LogP) is 0.998. The maximum Gasteiger partial charge on any atom is 0.320 e. The summed E-state index contributed by atoms with van der Waals surface area (Å²) >= 11 is 0. The average Bonchev–Trinajstić information content (AvgIpc) is 2.64. The van der Waals surface area contributed by atoms with E-state index in [0.29, 0.717) is 13.0 Å². The third-order valence-electron chi connectivity index (χ3n) is 2.53. The van der Waals surface area contributed by atoms with Gasteiger partial charge in [-0.3, -0.25) is 4.79 Å². The van der Waals surface area contributed by atoms with Crippen LogP contribution in [0.1, 0.15) is 11.1 Å². The summed E-state index contributed by atoms with van der Waals surface area (Å²) in [6, 6.07) is 4.93. The van der Waals surface area contributed by atoms with Gasteiger partial charge in [-0.05, 0) is 23.6 Å². The Morgan fingerprint density at radius 2 is 2.31 bits per heavy atom. The Kier molecular flexibility index (Phi) is 4.15. The van der Waals surface area contributed by atoms with Gasteiger partial charge in [-0.15, -0.1) is 12.4 Å². The van der Waals surface area contributed by atoms with Crippen molar-refractivity contribution in [1.82, 2.24) is 0 Å². The van der Waals surface area contributed by atoms with Crippen LogP contribution in [-0.2, 0) is 17.6 Å². The summed E-state index contributed by atoms with van der Waals surface area (Å²) in [6.07, 6.45) is 1.27. The Morgan fingerprint density at radius 3 is 3.00 bits per heavy atom. The second-order valence-electron chi connectivity index (χ2n) is 3.69. The minimum absolute atomic E-state index is 0. The first kappa shape index (κ1) is 12.8. The normalized spacial score (nSPS) is 14.6. The van der Waals surface area contributed by atoms with Crippen molar-refractivity contribution in [3.63, 3.8) is 0 Å². The van der Waals surface area contributed by atoms with Gasteiger partial charge < -0.3 is 15.6 Å². The largest absolute Gasteiger partial charge is 0.493 e. The molecule has 0 fully saturated rings. The molecule has 4 nitrogen and oxygen atoms in total. The zero-order valence-electron chi connectivity index (χ0n) is 8.68. The summed E-state index contributed by atoms with van der Waals surface area (Å²) in [6.45, 7) is 0.712. The number of aliphatic carboxylic acids is 1. The summed E-state index contributed by atoms with van der Waals surface area (Å²) in [5.74, 6) is -0.110. The number of ether oxygens (including phenoxy) is 1. The van der Waals surface area contributed by atoms with Crippen LogP contribution in [0.3, 0.4) is 0 Å². The number of carboxylic acid groups (broad SMARTS) is 1. The highest BCUT2D eigenvalue weighted by molar-refractivity contribution is 5.85. The highest BCUT2D eigenvalue weighted by Gasteiger charge is 2.15. The number of carbonyl (C=O) groups is 1. The lowest BCUT2D eigenvalue weighted by molar-refractivity contribution is -0.138. The van der Waals surface area contributed by atoms with Crippen LogP contribution in [0.2, 0.25) is 0 Å². The molecule has 0 amide bonds. The molecular formula is C11H14ClNO3. The van der Waals surface area contributed by atoms with Crippen molar-refractivity contribution >= 4 is 18.4 Å². The van der Waals surface area contributed by atoms with Crippen molar-refractivity contribution < 1.29 is 14.6 Å². The number of hydrogen-bond acceptors (Lipinski definition) is 3. The standard InChI is InChI=1S/C11H13NO3.ClH/c12-9(11(13)14)5-7-1-2-8-3-4-15-10(8)6-7;/h1-2,6,9H,3-5,12H2,(H,13,14);1H/t9-;/m1./s1. The molecule has 5 heteroatoms. The molecule has 1 aromatic rings. The lowest BCUT2D eigenvalue weighted by Crippen LogP contribution is -2.32. The summed E-state index contributed by atoms with van der Waals surface area (Å²) in [5.41, 5.74) is 7.54. The van der Waals surface area contributed by atoms with Crippen LogP contribution in [-0.4, -0.2) is 23.7 Å². The molecular weight excluding hydrogens is 230 g/mol. The van der Waals surface area contributed by atoms with Crippen molar-refractivity contribution in [2.45, 2.75) is 18.9 Å². The number of hydrogen-bond donors (Lipinski definition) is 2. The molecule has 0 bridgehead atoms. The minimum atomic E-state index is -0.976. The van der Waals surface area contributed by atoms with Crippen molar-refractivity contribution in [3.05, 3.63) is 29.3 Å². The van der Waals surface area contributed by atoms with E-state index in [9.17, 15) is 4.79 Å². The fourth-order valence-electron chi connectivity index (χ4n) is 1.68. The van der Waals surface area contributed by atoms with Gasteiger partial charge in [0.1, 0.15) is 11.8 Å². The first-order valence-corrected chi connectivity index (χ1v) is 4.90. The van der Waals surface area contributed by atoms with Gasteiger partial charge >= 0.3 is 5.97 Å². The number of halogens is 1. The maximum atomic E-state index is 10.6. The second kappa shape index (κ2) is 5.18. The molecule has 3 N–H and O–H groups in total. The average molecular weight is 244 g/mol. The Hall–Kier alpha value is -1.26. The van der Waals surface area contributed by atoms with Crippen LogP contribution in [0.5, 0.6) is 5.75 Å². The molecule has 0 saturated heterocycles. The Bertz CT molecular complexity index is 395. The lowest BCUT2D eigenvalue weighted by atomic mass is 10.0. The molecule has 88 valence electrons. The number of fused-ring (bicyclic) bond motifs is 1. The number of rotatable bonds is 3. The highest BCUT2D eigenvalue weighted by atomic mass is 35.5. The number of carboxylic acids is 1. The zero-order chi connectivity index (χ0) is 10.8. The van der Waals surface area contributed by atoms with E-state index in [4.69, 9.17) is 15.6 Å².